The Morgan fingerprint density at radius 2 is 1.96 bits per heavy atom. The highest BCUT2D eigenvalue weighted by Crippen LogP contribution is 2.21. The first-order chi connectivity index (χ1) is 11.2. The number of nitrogens with zero attached hydrogens (tertiary/aromatic N) is 3. The molecule has 0 saturated heterocycles. The maximum Gasteiger partial charge on any atom is 0.191 e. The summed E-state index contributed by atoms with van der Waals surface area (Å²) in [7, 11) is 3.74. The Bertz CT molecular complexity index is 542. The molecule has 0 saturated carbocycles. The van der Waals surface area contributed by atoms with Crippen molar-refractivity contribution in [3.05, 3.63) is 17.0 Å². The topological polar surface area (TPSA) is 63.5 Å². The molecule has 1 unspecified atom stereocenters. The lowest BCUT2D eigenvalue weighted by Gasteiger charge is -2.28. The van der Waals surface area contributed by atoms with Gasteiger partial charge in [-0.3, -0.25) is 9.67 Å². The van der Waals surface area contributed by atoms with E-state index < -0.39 is 0 Å². The fourth-order valence-corrected chi connectivity index (χ4v) is 2.70. The number of methoxy groups -OCH3 is 1. The largest absolute Gasteiger partial charge is 0.379 e. The average molecular weight is 338 g/mol. The predicted molar refractivity (Wildman–Crippen MR) is 101 cm³/mol. The molecule has 0 aromatic carbocycles. The molecule has 0 bridgehead atoms. The minimum absolute atomic E-state index is 0.0690. The molecule has 1 rings (SSSR count). The lowest BCUT2D eigenvalue weighted by atomic mass is 9.89. The zero-order valence-electron chi connectivity index (χ0n) is 16.7. The Balaban J connectivity index is 2.64. The first-order valence-electron chi connectivity index (χ1n) is 8.74. The van der Waals surface area contributed by atoms with E-state index in [9.17, 15) is 0 Å². The molecular formula is C18H35N5O. The second-order valence-electron chi connectivity index (χ2n) is 7.26. The van der Waals surface area contributed by atoms with Gasteiger partial charge in [0.05, 0.1) is 18.3 Å². The van der Waals surface area contributed by atoms with Gasteiger partial charge in [-0.15, -0.1) is 0 Å². The van der Waals surface area contributed by atoms with Gasteiger partial charge in [0.2, 0.25) is 0 Å². The smallest absolute Gasteiger partial charge is 0.191 e. The lowest BCUT2D eigenvalue weighted by molar-refractivity contribution is 0.0241. The highest BCUT2D eigenvalue weighted by atomic mass is 16.5. The zero-order valence-corrected chi connectivity index (χ0v) is 16.7. The summed E-state index contributed by atoms with van der Waals surface area (Å²) in [5.74, 6) is 0.836. The number of aliphatic imine (C=N–C) groups is 1. The minimum atomic E-state index is 0.0690. The molecule has 0 aliphatic rings. The van der Waals surface area contributed by atoms with Crippen LogP contribution in [-0.4, -0.2) is 48.6 Å². The van der Waals surface area contributed by atoms with E-state index in [1.54, 1.807) is 7.11 Å². The summed E-state index contributed by atoms with van der Waals surface area (Å²) >= 11 is 0. The molecule has 0 radical (unpaired) electrons. The predicted octanol–water partition coefficient (Wildman–Crippen LogP) is 2.20. The van der Waals surface area contributed by atoms with Crippen LogP contribution >= 0.6 is 0 Å². The Labute approximate surface area is 147 Å². The minimum Gasteiger partial charge on any atom is -0.379 e. The zero-order chi connectivity index (χ0) is 18.3. The van der Waals surface area contributed by atoms with Crippen LogP contribution in [0.3, 0.4) is 0 Å². The number of hydrogen-bond donors (Lipinski definition) is 2. The van der Waals surface area contributed by atoms with E-state index in [0.717, 1.165) is 31.2 Å². The maximum atomic E-state index is 5.58. The average Bonchev–Trinajstić information content (AvgIpc) is 2.72. The standard InChI is InChI=1S/C18H35N5O/c1-9-19-17(21-12-16(24-8)18(4,5)6)20-11-10-15-13(2)22-23(7)14(15)3/h16H,9-12H2,1-8H3,(H2,19,20,21). The van der Waals surface area contributed by atoms with E-state index in [-0.39, 0.29) is 11.5 Å². The molecule has 1 heterocycles. The Kier molecular flexibility index (Phi) is 7.73. The Morgan fingerprint density at radius 3 is 2.42 bits per heavy atom. The molecule has 1 aromatic heterocycles. The first-order valence-corrected chi connectivity index (χ1v) is 8.74. The molecule has 0 fully saturated rings. The van der Waals surface area contributed by atoms with Gasteiger partial charge in [0.15, 0.2) is 5.96 Å². The second kappa shape index (κ2) is 9.06. The number of aryl methyl sites for hydroxylation is 2. The van der Waals surface area contributed by atoms with Crippen molar-refractivity contribution in [2.24, 2.45) is 17.5 Å². The first kappa shape index (κ1) is 20.5. The van der Waals surface area contributed by atoms with Crippen molar-refractivity contribution in [3.63, 3.8) is 0 Å². The summed E-state index contributed by atoms with van der Waals surface area (Å²) in [4.78, 5) is 4.68. The monoisotopic (exact) mass is 337 g/mol. The van der Waals surface area contributed by atoms with Crippen molar-refractivity contribution in [2.45, 2.75) is 54.1 Å². The third kappa shape index (κ3) is 5.82. The molecule has 24 heavy (non-hydrogen) atoms. The molecule has 0 aliphatic carbocycles. The summed E-state index contributed by atoms with van der Waals surface area (Å²) in [6.07, 6.45) is 1.03. The molecule has 138 valence electrons. The Hall–Kier alpha value is -1.56. The van der Waals surface area contributed by atoms with E-state index in [4.69, 9.17) is 4.74 Å². The summed E-state index contributed by atoms with van der Waals surface area (Å²) in [5, 5.41) is 11.2. The van der Waals surface area contributed by atoms with Crippen molar-refractivity contribution in [3.8, 4) is 0 Å². The van der Waals surface area contributed by atoms with E-state index >= 15 is 0 Å². The molecule has 6 nitrogen and oxygen atoms in total. The van der Waals surface area contributed by atoms with E-state index in [2.05, 4.69) is 62.3 Å². The van der Waals surface area contributed by atoms with Gasteiger partial charge in [-0.1, -0.05) is 20.8 Å². The molecule has 0 amide bonds. The third-order valence-electron chi connectivity index (χ3n) is 4.34. The van der Waals surface area contributed by atoms with Crippen LogP contribution in [0.15, 0.2) is 4.99 Å². The van der Waals surface area contributed by atoms with Crippen molar-refractivity contribution >= 4 is 5.96 Å². The van der Waals surface area contributed by atoms with E-state index in [0.29, 0.717) is 6.54 Å². The molecule has 2 N–H and O–H groups in total. The molecule has 0 aliphatic heterocycles. The van der Waals surface area contributed by atoms with Crippen molar-refractivity contribution in [1.29, 1.82) is 0 Å². The third-order valence-corrected chi connectivity index (χ3v) is 4.34. The quantitative estimate of drug-likeness (QED) is 0.591. The van der Waals surface area contributed by atoms with Crippen molar-refractivity contribution < 1.29 is 4.74 Å². The van der Waals surface area contributed by atoms with E-state index in [1.165, 1.54) is 11.3 Å². The van der Waals surface area contributed by atoms with Crippen LogP contribution in [-0.2, 0) is 18.2 Å². The van der Waals surface area contributed by atoms with Gasteiger partial charge >= 0.3 is 0 Å². The van der Waals surface area contributed by atoms with Crippen LogP contribution in [0.1, 0.15) is 44.6 Å². The van der Waals surface area contributed by atoms with Crippen LogP contribution in [0.5, 0.6) is 0 Å². The van der Waals surface area contributed by atoms with E-state index in [1.807, 2.05) is 11.7 Å². The van der Waals surface area contributed by atoms with Gasteiger partial charge in [0.25, 0.3) is 0 Å². The normalized spacial score (nSPS) is 13.9. The van der Waals surface area contributed by atoms with Crippen LogP contribution in [0.2, 0.25) is 0 Å². The molecule has 1 aromatic rings. The van der Waals surface area contributed by atoms with Gasteiger partial charge in [-0.2, -0.15) is 5.10 Å². The van der Waals surface area contributed by atoms with Crippen LogP contribution < -0.4 is 10.6 Å². The molecule has 0 spiro atoms. The van der Waals surface area contributed by atoms with Gasteiger partial charge in [0, 0.05) is 32.9 Å². The van der Waals surface area contributed by atoms with Crippen LogP contribution in [0.25, 0.3) is 0 Å². The van der Waals surface area contributed by atoms with Gasteiger partial charge in [-0.05, 0) is 38.2 Å². The molecular weight excluding hydrogens is 302 g/mol. The van der Waals surface area contributed by atoms with Crippen LogP contribution in [0, 0.1) is 19.3 Å². The van der Waals surface area contributed by atoms with Crippen molar-refractivity contribution in [1.82, 2.24) is 20.4 Å². The number of rotatable bonds is 7. The number of nitrogens with one attached hydrogen (secondary N) is 2. The number of guanidine groups is 1. The molecule has 1 atom stereocenters. The van der Waals surface area contributed by atoms with Gasteiger partial charge < -0.3 is 15.4 Å². The SMILES string of the molecule is CCNC(=NCC(OC)C(C)(C)C)NCCc1c(C)nn(C)c1C. The summed E-state index contributed by atoms with van der Waals surface area (Å²) in [6.45, 7) is 15.1. The lowest BCUT2D eigenvalue weighted by Crippen LogP contribution is -2.40. The fourth-order valence-electron chi connectivity index (χ4n) is 2.70. The second-order valence-corrected chi connectivity index (χ2v) is 7.26. The number of hydrogen-bond acceptors (Lipinski definition) is 3. The molecule has 6 heteroatoms. The van der Waals surface area contributed by atoms with Crippen LogP contribution in [0.4, 0.5) is 0 Å². The Morgan fingerprint density at radius 1 is 1.29 bits per heavy atom. The maximum absolute atomic E-state index is 5.58. The van der Waals surface area contributed by atoms with Gasteiger partial charge in [0.1, 0.15) is 0 Å². The van der Waals surface area contributed by atoms with Gasteiger partial charge in [-0.25, -0.2) is 0 Å². The summed E-state index contributed by atoms with van der Waals surface area (Å²) in [5.41, 5.74) is 3.71. The summed E-state index contributed by atoms with van der Waals surface area (Å²) in [6, 6.07) is 0. The number of ether oxygens (including phenoxy) is 1. The highest BCUT2D eigenvalue weighted by Gasteiger charge is 2.24. The fraction of sp³-hybridized carbons (Fsp3) is 0.778. The summed E-state index contributed by atoms with van der Waals surface area (Å²) < 4.78 is 7.52. The highest BCUT2D eigenvalue weighted by molar-refractivity contribution is 5.79. The van der Waals surface area contributed by atoms with Crippen molar-refractivity contribution in [2.75, 3.05) is 26.7 Å². The number of aromatic nitrogens is 2.